The molecule has 3 nitrogen and oxygen atoms in total. The summed E-state index contributed by atoms with van der Waals surface area (Å²) in [5.41, 5.74) is 1.11. The predicted molar refractivity (Wildman–Crippen MR) is 76.0 cm³/mol. The minimum atomic E-state index is 0. The van der Waals surface area contributed by atoms with Crippen LogP contribution >= 0.6 is 0 Å². The molecular weight excluding hydrogens is 484 g/mol. The van der Waals surface area contributed by atoms with Crippen molar-refractivity contribution in [1.29, 1.82) is 0 Å². The second-order valence-electron chi connectivity index (χ2n) is 4.21. The first-order valence-corrected chi connectivity index (χ1v) is 6.16. The summed E-state index contributed by atoms with van der Waals surface area (Å²) in [7, 11) is 0. The Morgan fingerprint density at radius 2 is 1.82 bits per heavy atom. The van der Waals surface area contributed by atoms with Crippen LogP contribution in [0, 0.1) is 6.08 Å². The molecule has 0 spiro atoms. The van der Waals surface area contributed by atoms with E-state index in [-0.39, 0.29) is 50.7 Å². The van der Waals surface area contributed by atoms with Crippen molar-refractivity contribution in [2.75, 3.05) is 0 Å². The van der Waals surface area contributed by atoms with E-state index in [2.05, 4.69) is 46.6 Å². The normalized spacial score (nSPS) is 10.9. The van der Waals surface area contributed by atoms with E-state index in [0.717, 1.165) is 12.1 Å². The Bertz CT molecular complexity index is 675. The van der Waals surface area contributed by atoms with Gasteiger partial charge in [-0.05, 0) is 5.69 Å². The van der Waals surface area contributed by atoms with Gasteiger partial charge in [-0.1, -0.05) is 6.07 Å². The zero-order valence-electron chi connectivity index (χ0n) is 11.7. The average molecular weight is 497 g/mol. The number of hydrogen-bond acceptors (Lipinski definition) is 2. The Kier molecular flexibility index (Phi) is 10.1. The molecular formula is C16H13Cl2HfN3. The molecule has 1 heterocycles. The number of hydrogen-bond donors (Lipinski definition) is 0. The summed E-state index contributed by atoms with van der Waals surface area (Å²) in [4.78, 5) is 0. The molecule has 110 valence electrons. The zero-order chi connectivity index (χ0) is 12.9. The van der Waals surface area contributed by atoms with Crippen LogP contribution in [0.4, 0.5) is 0 Å². The van der Waals surface area contributed by atoms with Crippen LogP contribution < -0.4 is 24.8 Å². The number of allylic oxidation sites excluding steroid dienone is 4. The van der Waals surface area contributed by atoms with Crippen LogP contribution in [0.15, 0.2) is 67.3 Å². The van der Waals surface area contributed by atoms with Crippen molar-refractivity contribution in [1.82, 2.24) is 14.8 Å². The Balaban J connectivity index is 0.000000482. The summed E-state index contributed by atoms with van der Waals surface area (Å²) in [5, 5.41) is 10.1. The van der Waals surface area contributed by atoms with Crippen LogP contribution in [0.1, 0.15) is 6.42 Å². The molecule has 1 aromatic heterocycles. The van der Waals surface area contributed by atoms with Gasteiger partial charge in [0, 0.05) is 0 Å². The summed E-state index contributed by atoms with van der Waals surface area (Å²) in [6, 6.07) is 12.5. The Morgan fingerprint density at radius 1 is 1.09 bits per heavy atom. The van der Waals surface area contributed by atoms with E-state index in [1.807, 2.05) is 28.9 Å². The zero-order valence-corrected chi connectivity index (χ0v) is 16.8. The first kappa shape index (κ1) is 20.9. The molecule has 0 bridgehead atoms. The van der Waals surface area contributed by atoms with E-state index in [9.17, 15) is 0 Å². The van der Waals surface area contributed by atoms with Crippen LogP contribution in [-0.4, -0.2) is 14.8 Å². The number of halogens is 2. The molecule has 0 unspecified atom stereocenters. The molecule has 0 saturated carbocycles. The Morgan fingerprint density at radius 3 is 2.36 bits per heavy atom. The molecule has 4 rings (SSSR count). The van der Waals surface area contributed by atoms with Gasteiger partial charge >= 0.3 is 25.8 Å². The number of nitrogens with zero attached hydrogens (tertiary/aromatic N) is 3. The molecule has 1 aliphatic rings. The van der Waals surface area contributed by atoms with Gasteiger partial charge in [-0.3, -0.25) is 6.08 Å². The van der Waals surface area contributed by atoms with E-state index < -0.39 is 0 Å². The van der Waals surface area contributed by atoms with Crippen LogP contribution in [0.2, 0.25) is 0 Å². The summed E-state index contributed by atoms with van der Waals surface area (Å²) < 4.78 is 1.90. The molecule has 2 aromatic carbocycles. The third-order valence-corrected chi connectivity index (χ3v) is 2.91. The van der Waals surface area contributed by atoms with Gasteiger partial charge in [0.05, 0.1) is 0 Å². The van der Waals surface area contributed by atoms with E-state index in [1.54, 1.807) is 12.7 Å². The van der Waals surface area contributed by atoms with Gasteiger partial charge in [0.15, 0.2) is 0 Å². The number of aromatic nitrogens is 3. The molecule has 22 heavy (non-hydrogen) atoms. The predicted octanol–water partition coefficient (Wildman–Crippen LogP) is -2.55. The van der Waals surface area contributed by atoms with Crippen molar-refractivity contribution in [3.63, 3.8) is 0 Å². The molecule has 0 atom stereocenters. The maximum atomic E-state index is 3.78. The first-order chi connectivity index (χ1) is 9.43. The van der Waals surface area contributed by atoms with E-state index >= 15 is 0 Å². The molecule has 0 fully saturated rings. The SMILES string of the molecule is [C-]1=CC=CC1.[Cl-].[Cl-].[Hf+4].c1ccc2[cH-]c(-n3cnnc3)cc2c1. The standard InChI is InChI=1S/C11H8N3.C5H5.2ClH.Hf/c1-2-4-10-6-11(5-9(10)3-1)14-7-12-13-8-14;1-2-4-5-3-1;;;/h1-8H;1-3H,4H2;2*1H;/q2*-1;;;+4/p-2. The van der Waals surface area contributed by atoms with Crippen molar-refractivity contribution >= 4 is 10.8 Å². The van der Waals surface area contributed by atoms with Crippen molar-refractivity contribution < 1.29 is 50.7 Å². The van der Waals surface area contributed by atoms with E-state index in [4.69, 9.17) is 0 Å². The largest absolute Gasteiger partial charge is 4.00 e. The van der Waals surface area contributed by atoms with Gasteiger partial charge in [-0.15, -0.1) is 57.7 Å². The van der Waals surface area contributed by atoms with Gasteiger partial charge in [0.1, 0.15) is 12.7 Å². The molecule has 0 saturated heterocycles. The summed E-state index contributed by atoms with van der Waals surface area (Å²) in [5.74, 6) is 0. The van der Waals surface area contributed by atoms with Gasteiger partial charge in [-0.2, -0.15) is 6.08 Å². The van der Waals surface area contributed by atoms with Crippen molar-refractivity contribution in [3.8, 4) is 5.69 Å². The summed E-state index contributed by atoms with van der Waals surface area (Å²) in [6.07, 6.45) is 13.4. The monoisotopic (exact) mass is 497 g/mol. The van der Waals surface area contributed by atoms with Crippen LogP contribution in [-0.2, 0) is 25.8 Å². The minimum absolute atomic E-state index is 0. The maximum absolute atomic E-state index is 3.78. The number of rotatable bonds is 1. The minimum Gasteiger partial charge on any atom is -1.00 e. The van der Waals surface area contributed by atoms with Gasteiger partial charge in [-0.25, -0.2) is 12.2 Å². The number of fused-ring (bicyclic) bond motifs is 1. The molecule has 0 N–H and O–H groups in total. The fraction of sp³-hybridized carbons (Fsp3) is 0.0625. The van der Waals surface area contributed by atoms with E-state index in [1.165, 1.54) is 10.8 Å². The Labute approximate surface area is 161 Å². The fourth-order valence-electron chi connectivity index (χ4n) is 1.96. The quantitative estimate of drug-likeness (QED) is 0.275. The first-order valence-electron chi connectivity index (χ1n) is 6.16. The second kappa shape index (κ2) is 10.6. The topological polar surface area (TPSA) is 30.7 Å². The third-order valence-electron chi connectivity index (χ3n) is 2.91. The molecule has 3 aromatic rings. The van der Waals surface area contributed by atoms with Gasteiger partial charge in [0.25, 0.3) is 0 Å². The van der Waals surface area contributed by atoms with E-state index in [0.29, 0.717) is 0 Å². The molecule has 0 radical (unpaired) electrons. The molecule has 0 aliphatic heterocycles. The van der Waals surface area contributed by atoms with Gasteiger partial charge < -0.3 is 29.4 Å². The fourth-order valence-corrected chi connectivity index (χ4v) is 1.96. The summed E-state index contributed by atoms with van der Waals surface area (Å²) >= 11 is 0. The van der Waals surface area contributed by atoms with Crippen LogP contribution in [0.25, 0.3) is 16.5 Å². The molecule has 1 aliphatic carbocycles. The average Bonchev–Trinajstić information content (AvgIpc) is 3.20. The smallest absolute Gasteiger partial charge is 1.00 e. The van der Waals surface area contributed by atoms with Crippen molar-refractivity contribution in [2.24, 2.45) is 0 Å². The summed E-state index contributed by atoms with van der Waals surface area (Å²) in [6.45, 7) is 0. The van der Waals surface area contributed by atoms with Crippen molar-refractivity contribution in [3.05, 3.63) is 73.4 Å². The maximum Gasteiger partial charge on any atom is 4.00 e. The Hall–Kier alpha value is -1.10. The number of benzene rings is 1. The van der Waals surface area contributed by atoms with Gasteiger partial charge in [0.2, 0.25) is 0 Å². The van der Waals surface area contributed by atoms with Crippen molar-refractivity contribution in [2.45, 2.75) is 6.42 Å². The van der Waals surface area contributed by atoms with Crippen LogP contribution in [0.5, 0.6) is 0 Å². The van der Waals surface area contributed by atoms with Crippen LogP contribution in [0.3, 0.4) is 0 Å². The molecule has 6 heteroatoms. The second-order valence-corrected chi connectivity index (χ2v) is 4.21. The third kappa shape index (κ3) is 5.27. The molecule has 0 amide bonds.